The van der Waals surface area contributed by atoms with E-state index in [1.807, 2.05) is 0 Å². The zero-order chi connectivity index (χ0) is 14.4. The number of halogens is 2. The maximum absolute atomic E-state index is 13.0. The van der Waals surface area contributed by atoms with Gasteiger partial charge in [-0.25, -0.2) is 9.18 Å². The molecule has 19 heavy (non-hydrogen) atoms. The predicted molar refractivity (Wildman–Crippen MR) is 72.5 cm³/mol. The maximum Gasteiger partial charge on any atom is 0.319 e. The Morgan fingerprint density at radius 3 is 2.74 bits per heavy atom. The van der Waals surface area contributed by atoms with Gasteiger partial charge in [0.15, 0.2) is 0 Å². The minimum atomic E-state index is -0.905. The minimum Gasteiger partial charge on any atom is -0.481 e. The topological polar surface area (TPSA) is 78.4 Å². The molecule has 0 saturated carbocycles. The maximum atomic E-state index is 13.0. The minimum absolute atomic E-state index is 0.0115. The Kier molecular flexibility index (Phi) is 5.75. The van der Waals surface area contributed by atoms with E-state index in [1.54, 1.807) is 6.92 Å². The van der Waals surface area contributed by atoms with Crippen LogP contribution in [0.5, 0.6) is 0 Å². The fourth-order valence-electron chi connectivity index (χ4n) is 1.39. The molecule has 0 bridgehead atoms. The van der Waals surface area contributed by atoms with Gasteiger partial charge in [-0.1, -0.05) is 6.92 Å². The van der Waals surface area contributed by atoms with E-state index in [0.717, 1.165) is 0 Å². The molecule has 0 spiro atoms. The number of benzene rings is 1. The molecule has 3 N–H and O–H groups in total. The van der Waals surface area contributed by atoms with Crippen LogP contribution in [0.2, 0.25) is 0 Å². The first-order chi connectivity index (χ1) is 8.88. The van der Waals surface area contributed by atoms with Crippen LogP contribution in [0.3, 0.4) is 0 Å². The Balaban J connectivity index is 2.42. The molecule has 1 aromatic rings. The zero-order valence-electron chi connectivity index (χ0n) is 10.2. The number of hydrogen-bond donors (Lipinski definition) is 3. The molecule has 0 heterocycles. The van der Waals surface area contributed by atoms with E-state index in [1.165, 1.54) is 18.2 Å². The molecule has 104 valence electrons. The Bertz CT molecular complexity index is 482. The van der Waals surface area contributed by atoms with Crippen molar-refractivity contribution in [1.82, 2.24) is 5.32 Å². The summed E-state index contributed by atoms with van der Waals surface area (Å²) in [5.74, 6) is -1.48. The smallest absolute Gasteiger partial charge is 0.319 e. The molecule has 2 amide bonds. The highest BCUT2D eigenvalue weighted by Gasteiger charge is 2.09. The molecule has 1 unspecified atom stereocenters. The molecular weight excluding hydrogens is 319 g/mol. The summed E-state index contributed by atoms with van der Waals surface area (Å²) in [7, 11) is 0. The molecule has 0 aliphatic rings. The van der Waals surface area contributed by atoms with Crippen molar-refractivity contribution >= 4 is 33.6 Å². The molecule has 1 atom stereocenters. The summed E-state index contributed by atoms with van der Waals surface area (Å²) in [5.41, 5.74) is 0.441. The first kappa shape index (κ1) is 15.4. The van der Waals surface area contributed by atoms with Crippen molar-refractivity contribution in [2.24, 2.45) is 5.92 Å². The summed E-state index contributed by atoms with van der Waals surface area (Å²) in [6.07, 6.45) is -0.0115. The average molecular weight is 333 g/mol. The van der Waals surface area contributed by atoms with Crippen molar-refractivity contribution in [3.8, 4) is 0 Å². The van der Waals surface area contributed by atoms with Crippen LogP contribution in [0.4, 0.5) is 14.9 Å². The normalized spacial score (nSPS) is 11.7. The molecule has 0 aliphatic carbocycles. The number of hydrogen-bond acceptors (Lipinski definition) is 2. The Hall–Kier alpha value is -1.63. The Morgan fingerprint density at radius 1 is 1.47 bits per heavy atom. The van der Waals surface area contributed by atoms with Crippen molar-refractivity contribution in [1.29, 1.82) is 0 Å². The van der Waals surface area contributed by atoms with Crippen LogP contribution in [0.1, 0.15) is 13.3 Å². The number of rotatable bonds is 5. The average Bonchev–Trinajstić information content (AvgIpc) is 2.30. The van der Waals surface area contributed by atoms with Crippen LogP contribution in [0.15, 0.2) is 22.7 Å². The van der Waals surface area contributed by atoms with Gasteiger partial charge in [0.2, 0.25) is 0 Å². The van der Waals surface area contributed by atoms with E-state index in [2.05, 4.69) is 26.6 Å². The third-order valence-corrected chi connectivity index (χ3v) is 2.92. The number of carboxylic acid groups (broad SMARTS) is 1. The van der Waals surface area contributed by atoms with Crippen molar-refractivity contribution in [3.63, 3.8) is 0 Å². The lowest BCUT2D eigenvalue weighted by Crippen LogP contribution is -2.32. The summed E-state index contributed by atoms with van der Waals surface area (Å²) in [6.45, 7) is 1.98. The van der Waals surface area contributed by atoms with Crippen LogP contribution in [0.25, 0.3) is 0 Å². The number of nitrogens with one attached hydrogen (secondary N) is 2. The fourth-order valence-corrected chi connectivity index (χ4v) is 1.77. The lowest BCUT2D eigenvalue weighted by atomic mass is 10.1. The van der Waals surface area contributed by atoms with Crippen LogP contribution in [-0.2, 0) is 4.79 Å². The molecule has 7 heteroatoms. The number of anilines is 1. The number of carbonyl (C=O) groups excluding carboxylic acids is 1. The van der Waals surface area contributed by atoms with Crippen molar-refractivity contribution in [2.45, 2.75) is 13.3 Å². The van der Waals surface area contributed by atoms with Crippen molar-refractivity contribution < 1.29 is 19.1 Å². The number of aliphatic carboxylic acids is 1. The molecule has 0 fully saturated rings. The summed E-state index contributed by atoms with van der Waals surface area (Å²) in [4.78, 5) is 22.0. The van der Waals surface area contributed by atoms with Crippen LogP contribution >= 0.6 is 15.9 Å². The molecular formula is C12H14BrFN2O3. The summed E-state index contributed by atoms with van der Waals surface area (Å²) >= 11 is 3.01. The first-order valence-corrected chi connectivity index (χ1v) is 6.39. The highest BCUT2D eigenvalue weighted by atomic mass is 79.9. The standard InChI is InChI=1S/C12H14BrFN2O3/c1-7(4-11(17)18)6-15-12(19)16-8-2-3-10(14)9(13)5-8/h2-3,5,7H,4,6H2,1H3,(H,17,18)(H2,15,16,19). The second-order valence-electron chi connectivity index (χ2n) is 4.17. The number of amides is 2. The third kappa shape index (κ3) is 5.69. The molecule has 0 aliphatic heterocycles. The quantitative estimate of drug-likeness (QED) is 0.775. The molecule has 0 aromatic heterocycles. The SMILES string of the molecule is CC(CNC(=O)Nc1ccc(F)c(Br)c1)CC(=O)O. The molecule has 0 radical (unpaired) electrons. The van der Waals surface area contributed by atoms with E-state index in [-0.39, 0.29) is 23.4 Å². The first-order valence-electron chi connectivity index (χ1n) is 5.60. The lowest BCUT2D eigenvalue weighted by Gasteiger charge is -2.11. The Labute approximate surface area is 118 Å². The molecule has 1 aromatic carbocycles. The van der Waals surface area contributed by atoms with Crippen molar-refractivity contribution in [3.05, 3.63) is 28.5 Å². The van der Waals surface area contributed by atoms with E-state index in [4.69, 9.17) is 5.11 Å². The highest BCUT2D eigenvalue weighted by molar-refractivity contribution is 9.10. The van der Waals surface area contributed by atoms with E-state index in [0.29, 0.717) is 5.69 Å². The van der Waals surface area contributed by atoms with Gasteiger partial charge in [0.05, 0.1) is 4.47 Å². The second-order valence-corrected chi connectivity index (χ2v) is 5.02. The van der Waals surface area contributed by atoms with Crippen LogP contribution in [0, 0.1) is 11.7 Å². The largest absolute Gasteiger partial charge is 0.481 e. The van der Waals surface area contributed by atoms with Crippen LogP contribution in [-0.4, -0.2) is 23.7 Å². The van der Waals surface area contributed by atoms with Crippen LogP contribution < -0.4 is 10.6 Å². The molecule has 1 rings (SSSR count). The monoisotopic (exact) mass is 332 g/mol. The van der Waals surface area contributed by atoms with Gasteiger partial charge in [-0.3, -0.25) is 4.79 Å². The van der Waals surface area contributed by atoms with E-state index >= 15 is 0 Å². The number of carbonyl (C=O) groups is 2. The van der Waals surface area contributed by atoms with Gasteiger partial charge in [-0.2, -0.15) is 0 Å². The van der Waals surface area contributed by atoms with Gasteiger partial charge in [-0.05, 0) is 40.0 Å². The second kappa shape index (κ2) is 7.08. The summed E-state index contributed by atoms with van der Waals surface area (Å²) in [6, 6.07) is 3.64. The zero-order valence-corrected chi connectivity index (χ0v) is 11.8. The Morgan fingerprint density at radius 2 is 2.16 bits per heavy atom. The highest BCUT2D eigenvalue weighted by Crippen LogP contribution is 2.19. The predicted octanol–water partition coefficient (Wildman–Crippen LogP) is 2.82. The van der Waals surface area contributed by atoms with Gasteiger partial charge in [0, 0.05) is 18.7 Å². The van der Waals surface area contributed by atoms with Gasteiger partial charge >= 0.3 is 12.0 Å². The van der Waals surface area contributed by atoms with Gasteiger partial charge in [-0.15, -0.1) is 0 Å². The summed E-state index contributed by atoms with van der Waals surface area (Å²) < 4.78 is 13.2. The van der Waals surface area contributed by atoms with E-state index in [9.17, 15) is 14.0 Å². The number of urea groups is 1. The third-order valence-electron chi connectivity index (χ3n) is 2.31. The number of carboxylic acids is 1. The van der Waals surface area contributed by atoms with Gasteiger partial charge in [0.1, 0.15) is 5.82 Å². The van der Waals surface area contributed by atoms with Gasteiger partial charge < -0.3 is 15.7 Å². The van der Waals surface area contributed by atoms with Gasteiger partial charge in [0.25, 0.3) is 0 Å². The lowest BCUT2D eigenvalue weighted by molar-refractivity contribution is -0.137. The molecule has 5 nitrogen and oxygen atoms in total. The van der Waals surface area contributed by atoms with Crippen molar-refractivity contribution in [2.75, 3.05) is 11.9 Å². The summed E-state index contributed by atoms with van der Waals surface area (Å²) in [5, 5.41) is 13.6. The van der Waals surface area contributed by atoms with E-state index < -0.39 is 17.8 Å². The molecule has 0 saturated heterocycles. The fraction of sp³-hybridized carbons (Fsp3) is 0.333.